The number of nitrogens with two attached hydrogens (primary N) is 1. The Balaban J connectivity index is 1.96. The minimum absolute atomic E-state index is 0.217. The van der Waals surface area contributed by atoms with Crippen LogP contribution in [0, 0.1) is 0 Å². The van der Waals surface area contributed by atoms with Gasteiger partial charge in [-0.25, -0.2) is 4.98 Å². The van der Waals surface area contributed by atoms with Crippen molar-refractivity contribution in [2.75, 3.05) is 7.11 Å². The lowest BCUT2D eigenvalue weighted by molar-refractivity contribution is 0.397. The molecular weight excluding hydrogens is 246 g/mol. The maximum absolute atomic E-state index is 5.60. The maximum Gasteiger partial charge on any atom is 0.212 e. The summed E-state index contributed by atoms with van der Waals surface area (Å²) in [5.74, 6) is 6.23. The highest BCUT2D eigenvalue weighted by Crippen LogP contribution is 2.13. The lowest BCUT2D eigenvalue weighted by atomic mass is 10.0. The molecule has 0 saturated heterocycles. The summed E-state index contributed by atoms with van der Waals surface area (Å²) in [7, 11) is 1.61. The van der Waals surface area contributed by atoms with E-state index in [1.807, 2.05) is 18.3 Å². The van der Waals surface area contributed by atoms with E-state index in [4.69, 9.17) is 10.6 Å². The Labute approximate surface area is 111 Å². The van der Waals surface area contributed by atoms with Crippen LogP contribution in [0.25, 0.3) is 0 Å². The number of hydrazine groups is 1. The van der Waals surface area contributed by atoms with Gasteiger partial charge in [-0.05, 0) is 40.8 Å². The molecule has 0 amide bonds. The third kappa shape index (κ3) is 3.53. The van der Waals surface area contributed by atoms with Crippen LogP contribution in [0.1, 0.15) is 11.1 Å². The van der Waals surface area contributed by atoms with Crippen LogP contribution in [0.2, 0.25) is 0 Å². The number of nitrogens with one attached hydrogen (secondary N) is 1. The van der Waals surface area contributed by atoms with Gasteiger partial charge < -0.3 is 4.74 Å². The minimum Gasteiger partial charge on any atom is -0.481 e. The first kappa shape index (κ1) is 13.0. The van der Waals surface area contributed by atoms with Crippen LogP contribution in [0.5, 0.6) is 5.88 Å². The number of hydrogen-bond donors (Lipinski definition) is 2. The topological polar surface area (TPSA) is 60.2 Å². The van der Waals surface area contributed by atoms with Gasteiger partial charge in [0, 0.05) is 18.3 Å². The van der Waals surface area contributed by atoms with Gasteiger partial charge in [-0.3, -0.25) is 11.3 Å². The molecule has 0 aliphatic heterocycles. The zero-order valence-electron chi connectivity index (χ0n) is 10.3. The molecule has 5 heteroatoms. The molecule has 2 heterocycles. The van der Waals surface area contributed by atoms with Crippen LogP contribution in [0.15, 0.2) is 35.2 Å². The molecule has 96 valence electrons. The molecule has 0 saturated carbocycles. The summed E-state index contributed by atoms with van der Waals surface area (Å²) < 4.78 is 5.04. The molecule has 2 rings (SSSR count). The fourth-order valence-corrected chi connectivity index (χ4v) is 2.50. The molecule has 1 unspecified atom stereocenters. The highest BCUT2D eigenvalue weighted by Gasteiger charge is 2.09. The number of rotatable bonds is 6. The van der Waals surface area contributed by atoms with E-state index in [1.165, 1.54) is 5.56 Å². The number of methoxy groups -OCH3 is 1. The van der Waals surface area contributed by atoms with Crippen LogP contribution in [-0.2, 0) is 12.8 Å². The Bertz CT molecular complexity index is 456. The third-order valence-electron chi connectivity index (χ3n) is 2.79. The van der Waals surface area contributed by atoms with Crippen molar-refractivity contribution >= 4 is 11.3 Å². The summed E-state index contributed by atoms with van der Waals surface area (Å²) in [6.45, 7) is 0. The first-order chi connectivity index (χ1) is 8.81. The van der Waals surface area contributed by atoms with Gasteiger partial charge in [0.2, 0.25) is 5.88 Å². The van der Waals surface area contributed by atoms with E-state index < -0.39 is 0 Å². The zero-order valence-corrected chi connectivity index (χ0v) is 11.1. The number of pyridine rings is 1. The van der Waals surface area contributed by atoms with Crippen molar-refractivity contribution in [2.24, 2.45) is 5.84 Å². The van der Waals surface area contributed by atoms with Gasteiger partial charge in [0.25, 0.3) is 0 Å². The Kier molecular flexibility index (Phi) is 4.69. The molecule has 0 spiro atoms. The lowest BCUT2D eigenvalue weighted by Crippen LogP contribution is -2.38. The molecule has 0 aliphatic carbocycles. The van der Waals surface area contributed by atoms with Gasteiger partial charge in [0.1, 0.15) is 0 Å². The standard InChI is InChI=1S/C13H17N3OS/c1-17-13-3-2-10(8-15-13)6-12(16-14)7-11-4-5-18-9-11/h2-5,8-9,12,16H,6-7,14H2,1H3. The molecule has 0 bridgehead atoms. The van der Waals surface area contributed by atoms with Crippen LogP contribution >= 0.6 is 11.3 Å². The van der Waals surface area contributed by atoms with Crippen LogP contribution in [-0.4, -0.2) is 18.1 Å². The Morgan fingerprint density at radius 1 is 1.33 bits per heavy atom. The normalized spacial score (nSPS) is 12.3. The van der Waals surface area contributed by atoms with Gasteiger partial charge >= 0.3 is 0 Å². The first-order valence-corrected chi connectivity index (χ1v) is 6.72. The summed E-state index contributed by atoms with van der Waals surface area (Å²) in [4.78, 5) is 4.19. The van der Waals surface area contributed by atoms with Crippen molar-refractivity contribution in [1.82, 2.24) is 10.4 Å². The highest BCUT2D eigenvalue weighted by atomic mass is 32.1. The van der Waals surface area contributed by atoms with E-state index in [0.717, 1.165) is 18.4 Å². The summed E-state index contributed by atoms with van der Waals surface area (Å²) in [5, 5.41) is 4.23. The van der Waals surface area contributed by atoms with Crippen LogP contribution in [0.3, 0.4) is 0 Å². The molecule has 0 fully saturated rings. The van der Waals surface area contributed by atoms with E-state index in [-0.39, 0.29) is 6.04 Å². The number of thiophene rings is 1. The van der Waals surface area contributed by atoms with Gasteiger partial charge in [0.15, 0.2) is 0 Å². The fraction of sp³-hybridized carbons (Fsp3) is 0.308. The van der Waals surface area contributed by atoms with E-state index in [9.17, 15) is 0 Å². The van der Waals surface area contributed by atoms with Gasteiger partial charge in [0.05, 0.1) is 7.11 Å². The largest absolute Gasteiger partial charge is 0.481 e. The number of aromatic nitrogens is 1. The molecule has 18 heavy (non-hydrogen) atoms. The molecule has 0 aliphatic rings. The van der Waals surface area contributed by atoms with E-state index in [0.29, 0.717) is 5.88 Å². The summed E-state index contributed by atoms with van der Waals surface area (Å²) in [5.41, 5.74) is 5.32. The molecule has 2 aromatic rings. The first-order valence-electron chi connectivity index (χ1n) is 5.78. The lowest BCUT2D eigenvalue weighted by Gasteiger charge is -2.15. The second-order valence-electron chi connectivity index (χ2n) is 4.11. The number of nitrogens with zero attached hydrogens (tertiary/aromatic N) is 1. The summed E-state index contributed by atoms with van der Waals surface area (Å²) in [6.07, 6.45) is 3.60. The fourth-order valence-electron chi connectivity index (χ4n) is 1.82. The molecule has 2 aromatic heterocycles. The predicted octanol–water partition coefficient (Wildman–Crippen LogP) is 1.77. The van der Waals surface area contributed by atoms with Crippen LogP contribution < -0.4 is 16.0 Å². The van der Waals surface area contributed by atoms with Gasteiger partial charge in [-0.15, -0.1) is 0 Å². The number of ether oxygens (including phenoxy) is 1. The Hall–Kier alpha value is -1.43. The summed E-state index contributed by atoms with van der Waals surface area (Å²) >= 11 is 1.71. The molecule has 0 aromatic carbocycles. The van der Waals surface area contributed by atoms with Crippen molar-refractivity contribution < 1.29 is 4.74 Å². The smallest absolute Gasteiger partial charge is 0.212 e. The minimum atomic E-state index is 0.217. The molecule has 3 N–H and O–H groups in total. The Morgan fingerprint density at radius 2 is 2.17 bits per heavy atom. The Morgan fingerprint density at radius 3 is 2.72 bits per heavy atom. The highest BCUT2D eigenvalue weighted by molar-refractivity contribution is 7.07. The third-order valence-corrected chi connectivity index (χ3v) is 3.52. The average Bonchev–Trinajstić information content (AvgIpc) is 2.91. The van der Waals surface area contributed by atoms with Crippen molar-refractivity contribution in [2.45, 2.75) is 18.9 Å². The number of hydrogen-bond acceptors (Lipinski definition) is 5. The second kappa shape index (κ2) is 6.49. The van der Waals surface area contributed by atoms with Gasteiger partial charge in [-0.2, -0.15) is 11.3 Å². The molecule has 0 radical (unpaired) electrons. The molecule has 4 nitrogen and oxygen atoms in total. The van der Waals surface area contributed by atoms with Crippen LogP contribution in [0.4, 0.5) is 0 Å². The SMILES string of the molecule is COc1ccc(CC(Cc2ccsc2)NN)cn1. The summed E-state index contributed by atoms with van der Waals surface area (Å²) in [6, 6.07) is 6.23. The zero-order chi connectivity index (χ0) is 12.8. The molecular formula is C13H17N3OS. The van der Waals surface area contributed by atoms with E-state index in [2.05, 4.69) is 27.2 Å². The molecule has 1 atom stereocenters. The van der Waals surface area contributed by atoms with E-state index >= 15 is 0 Å². The van der Waals surface area contributed by atoms with Crippen molar-refractivity contribution in [3.05, 3.63) is 46.3 Å². The van der Waals surface area contributed by atoms with Crippen molar-refractivity contribution in [3.8, 4) is 5.88 Å². The monoisotopic (exact) mass is 263 g/mol. The average molecular weight is 263 g/mol. The van der Waals surface area contributed by atoms with Crippen molar-refractivity contribution in [1.29, 1.82) is 0 Å². The predicted molar refractivity (Wildman–Crippen MR) is 73.6 cm³/mol. The quantitative estimate of drug-likeness (QED) is 0.616. The van der Waals surface area contributed by atoms with E-state index in [1.54, 1.807) is 18.4 Å². The van der Waals surface area contributed by atoms with Gasteiger partial charge in [-0.1, -0.05) is 6.07 Å². The second-order valence-corrected chi connectivity index (χ2v) is 4.89. The maximum atomic E-state index is 5.60. The van der Waals surface area contributed by atoms with Crippen molar-refractivity contribution in [3.63, 3.8) is 0 Å².